The van der Waals surface area contributed by atoms with Gasteiger partial charge in [-0.2, -0.15) is 0 Å². The van der Waals surface area contributed by atoms with Crippen molar-refractivity contribution in [1.29, 1.82) is 0 Å². The molecule has 29 heavy (non-hydrogen) atoms. The molecule has 2 heterocycles. The third-order valence-corrected chi connectivity index (χ3v) is 4.93. The van der Waals surface area contributed by atoms with Gasteiger partial charge in [0.25, 0.3) is 0 Å². The van der Waals surface area contributed by atoms with Gasteiger partial charge in [0.1, 0.15) is 11.5 Å². The summed E-state index contributed by atoms with van der Waals surface area (Å²) < 4.78 is 11.1. The van der Waals surface area contributed by atoms with Crippen LogP contribution in [-0.2, 0) is 11.2 Å². The highest BCUT2D eigenvalue weighted by Gasteiger charge is 2.24. The van der Waals surface area contributed by atoms with Gasteiger partial charge in [-0.05, 0) is 23.8 Å². The second kappa shape index (κ2) is 8.18. The summed E-state index contributed by atoms with van der Waals surface area (Å²) in [5.41, 5.74) is 9.17. The Labute approximate surface area is 168 Å². The van der Waals surface area contributed by atoms with Crippen molar-refractivity contribution in [2.75, 3.05) is 19.5 Å². The maximum atomic E-state index is 12.7. The van der Waals surface area contributed by atoms with Crippen molar-refractivity contribution >= 4 is 11.9 Å². The number of nitrogens with zero attached hydrogens (tertiary/aromatic N) is 2. The SMILES string of the molecule is COc1ccccc1CC(=O)NC1CCOc2ccc(-c3cnc(N)nc3)cc21. The summed E-state index contributed by atoms with van der Waals surface area (Å²) in [7, 11) is 1.61. The molecule has 0 saturated heterocycles. The number of methoxy groups -OCH3 is 1. The number of aromatic nitrogens is 2. The number of benzene rings is 2. The molecule has 0 spiro atoms. The Morgan fingerprint density at radius 1 is 1.21 bits per heavy atom. The van der Waals surface area contributed by atoms with E-state index in [1.54, 1.807) is 19.5 Å². The molecular weight excluding hydrogens is 368 g/mol. The van der Waals surface area contributed by atoms with Crippen LogP contribution < -0.4 is 20.5 Å². The van der Waals surface area contributed by atoms with E-state index in [1.807, 2.05) is 42.5 Å². The van der Waals surface area contributed by atoms with Gasteiger partial charge < -0.3 is 20.5 Å². The number of nitrogens with two attached hydrogens (primary N) is 1. The lowest BCUT2D eigenvalue weighted by Crippen LogP contribution is -2.33. The highest BCUT2D eigenvalue weighted by Crippen LogP contribution is 2.35. The van der Waals surface area contributed by atoms with Gasteiger partial charge in [0.2, 0.25) is 11.9 Å². The van der Waals surface area contributed by atoms with Crippen molar-refractivity contribution in [3.63, 3.8) is 0 Å². The Balaban J connectivity index is 1.55. The number of rotatable bonds is 5. The zero-order chi connectivity index (χ0) is 20.2. The van der Waals surface area contributed by atoms with Crippen molar-refractivity contribution in [2.24, 2.45) is 0 Å². The van der Waals surface area contributed by atoms with E-state index < -0.39 is 0 Å². The molecule has 1 aromatic heterocycles. The van der Waals surface area contributed by atoms with Crippen molar-refractivity contribution < 1.29 is 14.3 Å². The minimum absolute atomic E-state index is 0.0615. The first-order valence-corrected chi connectivity index (χ1v) is 9.40. The number of amides is 1. The van der Waals surface area contributed by atoms with Crippen LogP contribution in [0.2, 0.25) is 0 Å². The third-order valence-electron chi connectivity index (χ3n) is 4.93. The van der Waals surface area contributed by atoms with Crippen molar-refractivity contribution in [1.82, 2.24) is 15.3 Å². The van der Waals surface area contributed by atoms with E-state index in [-0.39, 0.29) is 24.3 Å². The zero-order valence-electron chi connectivity index (χ0n) is 16.1. The minimum atomic E-state index is -0.129. The van der Waals surface area contributed by atoms with Crippen LogP contribution in [0.1, 0.15) is 23.6 Å². The zero-order valence-corrected chi connectivity index (χ0v) is 16.1. The molecule has 1 amide bonds. The first-order chi connectivity index (χ1) is 14.1. The monoisotopic (exact) mass is 390 g/mol. The number of para-hydroxylation sites is 1. The second-order valence-electron chi connectivity index (χ2n) is 6.83. The third kappa shape index (κ3) is 4.13. The Bertz CT molecular complexity index is 1020. The lowest BCUT2D eigenvalue weighted by atomic mass is 9.96. The van der Waals surface area contributed by atoms with Crippen LogP contribution in [0, 0.1) is 0 Å². The molecule has 7 nitrogen and oxygen atoms in total. The molecule has 1 aliphatic heterocycles. The molecule has 3 N–H and O–H groups in total. The molecule has 4 rings (SSSR count). The van der Waals surface area contributed by atoms with Crippen LogP contribution in [0.5, 0.6) is 11.5 Å². The van der Waals surface area contributed by atoms with Gasteiger partial charge in [0, 0.05) is 35.5 Å². The fourth-order valence-corrected chi connectivity index (χ4v) is 3.48. The lowest BCUT2D eigenvalue weighted by molar-refractivity contribution is -0.121. The van der Waals surface area contributed by atoms with E-state index in [2.05, 4.69) is 15.3 Å². The van der Waals surface area contributed by atoms with Crippen LogP contribution in [0.3, 0.4) is 0 Å². The molecule has 0 aliphatic carbocycles. The highest BCUT2D eigenvalue weighted by atomic mass is 16.5. The topological polar surface area (TPSA) is 99.4 Å². The number of carbonyl (C=O) groups is 1. The highest BCUT2D eigenvalue weighted by molar-refractivity contribution is 5.80. The van der Waals surface area contributed by atoms with Crippen LogP contribution in [0.25, 0.3) is 11.1 Å². The summed E-state index contributed by atoms with van der Waals surface area (Å²) in [6, 6.07) is 13.3. The van der Waals surface area contributed by atoms with Gasteiger partial charge in [-0.25, -0.2) is 9.97 Å². The van der Waals surface area contributed by atoms with Crippen molar-refractivity contribution in [2.45, 2.75) is 18.9 Å². The van der Waals surface area contributed by atoms with Gasteiger partial charge in [-0.15, -0.1) is 0 Å². The molecule has 1 unspecified atom stereocenters. The van der Waals surface area contributed by atoms with E-state index in [0.717, 1.165) is 28.0 Å². The Morgan fingerprint density at radius 3 is 2.79 bits per heavy atom. The number of anilines is 1. The fraction of sp³-hybridized carbons (Fsp3) is 0.227. The number of ether oxygens (including phenoxy) is 2. The summed E-state index contributed by atoms with van der Waals surface area (Å²) in [5, 5.41) is 3.14. The first kappa shape index (κ1) is 18.7. The average Bonchev–Trinajstić information content (AvgIpc) is 2.74. The van der Waals surface area contributed by atoms with Gasteiger partial charge in [-0.1, -0.05) is 24.3 Å². The Kier molecular flexibility index (Phi) is 5.29. The predicted octanol–water partition coefficient (Wildman–Crippen LogP) is 2.92. The van der Waals surface area contributed by atoms with E-state index >= 15 is 0 Å². The first-order valence-electron chi connectivity index (χ1n) is 9.40. The lowest BCUT2D eigenvalue weighted by Gasteiger charge is -2.27. The molecule has 0 saturated carbocycles. The number of hydrogen-bond acceptors (Lipinski definition) is 6. The van der Waals surface area contributed by atoms with Gasteiger partial charge in [-0.3, -0.25) is 4.79 Å². The summed E-state index contributed by atoms with van der Waals surface area (Å²) in [6.07, 6.45) is 4.32. The number of nitrogen functional groups attached to an aromatic ring is 1. The average molecular weight is 390 g/mol. The molecule has 2 aromatic carbocycles. The molecule has 1 aliphatic rings. The van der Waals surface area contributed by atoms with Crippen LogP contribution in [0.15, 0.2) is 54.9 Å². The van der Waals surface area contributed by atoms with Crippen LogP contribution >= 0.6 is 0 Å². The molecule has 0 fully saturated rings. The smallest absolute Gasteiger partial charge is 0.225 e. The molecule has 3 aromatic rings. The molecule has 0 bridgehead atoms. The molecule has 7 heteroatoms. The van der Waals surface area contributed by atoms with E-state index in [1.165, 1.54) is 0 Å². The summed E-state index contributed by atoms with van der Waals surface area (Å²) in [6.45, 7) is 0.553. The Morgan fingerprint density at radius 2 is 2.00 bits per heavy atom. The molecular formula is C22H22N4O3. The van der Waals surface area contributed by atoms with Crippen LogP contribution in [-0.4, -0.2) is 29.6 Å². The summed E-state index contributed by atoms with van der Waals surface area (Å²) in [5.74, 6) is 1.66. The minimum Gasteiger partial charge on any atom is -0.496 e. The maximum Gasteiger partial charge on any atom is 0.225 e. The number of fused-ring (bicyclic) bond motifs is 1. The van der Waals surface area contributed by atoms with Gasteiger partial charge in [0.15, 0.2) is 0 Å². The van der Waals surface area contributed by atoms with E-state index in [0.29, 0.717) is 18.8 Å². The molecule has 1 atom stereocenters. The summed E-state index contributed by atoms with van der Waals surface area (Å²) >= 11 is 0. The predicted molar refractivity (Wildman–Crippen MR) is 110 cm³/mol. The largest absolute Gasteiger partial charge is 0.496 e. The fourth-order valence-electron chi connectivity index (χ4n) is 3.48. The number of hydrogen-bond donors (Lipinski definition) is 2. The molecule has 148 valence electrons. The van der Waals surface area contributed by atoms with Crippen molar-refractivity contribution in [3.8, 4) is 22.6 Å². The standard InChI is InChI=1S/C22H22N4O3/c1-28-19-5-3-2-4-15(19)11-21(27)26-18-8-9-29-20-7-6-14(10-17(18)20)16-12-24-22(23)25-13-16/h2-7,10,12-13,18H,8-9,11H2,1H3,(H,26,27)(H2,23,24,25). The van der Waals surface area contributed by atoms with E-state index in [4.69, 9.17) is 15.2 Å². The van der Waals surface area contributed by atoms with Gasteiger partial charge >= 0.3 is 0 Å². The van der Waals surface area contributed by atoms with E-state index in [9.17, 15) is 4.79 Å². The summed E-state index contributed by atoms with van der Waals surface area (Å²) in [4.78, 5) is 20.8. The Hall–Kier alpha value is -3.61. The quantitative estimate of drug-likeness (QED) is 0.695. The molecule has 0 radical (unpaired) electrons. The number of nitrogens with one attached hydrogen (secondary N) is 1. The number of carbonyl (C=O) groups excluding carboxylic acids is 1. The maximum absolute atomic E-state index is 12.7. The second-order valence-corrected chi connectivity index (χ2v) is 6.83. The van der Waals surface area contributed by atoms with Crippen LogP contribution in [0.4, 0.5) is 5.95 Å². The van der Waals surface area contributed by atoms with Crippen molar-refractivity contribution in [3.05, 3.63) is 66.0 Å². The normalized spacial score (nSPS) is 15.1. The van der Waals surface area contributed by atoms with Gasteiger partial charge in [0.05, 0.1) is 26.2 Å².